The summed E-state index contributed by atoms with van der Waals surface area (Å²) in [6.45, 7) is 0. The fraction of sp³-hybridized carbons (Fsp3) is 0.267. The molecule has 128 valence electrons. The van der Waals surface area contributed by atoms with Crippen molar-refractivity contribution in [2.24, 2.45) is 0 Å². The highest BCUT2D eigenvalue weighted by Gasteiger charge is 2.16. The number of nitrogens with one attached hydrogen (secondary N) is 1. The number of carbonyl (C=O) groups is 1. The van der Waals surface area contributed by atoms with Gasteiger partial charge in [0.2, 0.25) is 5.95 Å². The average molecular weight is 349 g/mol. The van der Waals surface area contributed by atoms with Crippen LogP contribution in [0.4, 0.5) is 11.6 Å². The van der Waals surface area contributed by atoms with Crippen molar-refractivity contribution in [1.82, 2.24) is 14.9 Å². The molecule has 1 N–H and O–H groups in total. The fourth-order valence-corrected chi connectivity index (χ4v) is 2.88. The van der Waals surface area contributed by atoms with Crippen LogP contribution in [-0.2, 0) is 10.0 Å². The van der Waals surface area contributed by atoms with E-state index in [0.717, 1.165) is 0 Å². The lowest BCUT2D eigenvalue weighted by Gasteiger charge is -2.12. The van der Waals surface area contributed by atoms with E-state index >= 15 is 0 Å². The Kier molecular flexibility index (Phi) is 5.03. The Bertz CT molecular complexity index is 815. The number of nitrogens with zero attached hydrogens (tertiary/aromatic N) is 4. The van der Waals surface area contributed by atoms with Crippen LogP contribution in [0.15, 0.2) is 41.6 Å². The number of sulfonamides is 1. The topological polar surface area (TPSA) is 95.5 Å². The van der Waals surface area contributed by atoms with E-state index in [0.29, 0.717) is 11.5 Å². The summed E-state index contributed by atoms with van der Waals surface area (Å²) >= 11 is 0. The fourth-order valence-electron chi connectivity index (χ4n) is 1.85. The van der Waals surface area contributed by atoms with Crippen LogP contribution in [0.1, 0.15) is 10.4 Å². The zero-order chi connectivity index (χ0) is 17.9. The third-order valence-electron chi connectivity index (χ3n) is 3.11. The summed E-state index contributed by atoms with van der Waals surface area (Å²) in [5.74, 6) is 0.282. The minimum atomic E-state index is -3.78. The predicted octanol–water partition coefficient (Wildman–Crippen LogP) is 1.05. The van der Waals surface area contributed by atoms with E-state index in [1.165, 1.54) is 41.6 Å². The number of anilines is 2. The molecule has 2 aromatic rings. The van der Waals surface area contributed by atoms with Gasteiger partial charge in [-0.05, 0) is 24.3 Å². The minimum absolute atomic E-state index is 0.0505. The molecule has 0 aliphatic heterocycles. The zero-order valence-electron chi connectivity index (χ0n) is 13.9. The maximum Gasteiger partial charge on any atom is 0.261 e. The Morgan fingerprint density at radius 3 is 2.00 bits per heavy atom. The molecule has 0 aliphatic rings. The van der Waals surface area contributed by atoms with Gasteiger partial charge in [0, 0.05) is 33.8 Å². The van der Waals surface area contributed by atoms with Crippen molar-refractivity contribution < 1.29 is 13.2 Å². The molecule has 0 aliphatic carbocycles. The summed E-state index contributed by atoms with van der Waals surface area (Å²) in [5.41, 5.74) is 0.673. The van der Waals surface area contributed by atoms with Crippen LogP contribution in [0, 0.1) is 0 Å². The van der Waals surface area contributed by atoms with Crippen molar-refractivity contribution in [2.75, 3.05) is 37.8 Å². The molecule has 0 unspecified atom stereocenters. The van der Waals surface area contributed by atoms with Gasteiger partial charge in [-0.25, -0.2) is 18.4 Å². The van der Waals surface area contributed by atoms with Crippen LogP contribution in [0.5, 0.6) is 0 Å². The van der Waals surface area contributed by atoms with Gasteiger partial charge in [0.1, 0.15) is 0 Å². The average Bonchev–Trinajstić information content (AvgIpc) is 2.54. The summed E-state index contributed by atoms with van der Waals surface area (Å²) in [5, 5.41) is 0. The van der Waals surface area contributed by atoms with Gasteiger partial charge in [0.25, 0.3) is 15.9 Å². The predicted molar refractivity (Wildman–Crippen MR) is 91.6 cm³/mol. The van der Waals surface area contributed by atoms with E-state index in [4.69, 9.17) is 0 Å². The first-order chi connectivity index (χ1) is 11.2. The highest BCUT2D eigenvalue weighted by atomic mass is 32.2. The first kappa shape index (κ1) is 17.7. The van der Waals surface area contributed by atoms with Crippen LogP contribution < -0.4 is 9.62 Å². The molecule has 1 heterocycles. The third kappa shape index (κ3) is 3.99. The van der Waals surface area contributed by atoms with E-state index in [1.807, 2.05) is 0 Å². The SMILES string of the molecule is CN(C)C(=O)c1ccc(S(=O)(=O)Nc2cnc(N(C)C)nc2)cc1. The third-order valence-corrected chi connectivity index (χ3v) is 4.51. The molecule has 0 saturated carbocycles. The van der Waals surface area contributed by atoms with Gasteiger partial charge in [0.05, 0.1) is 23.0 Å². The van der Waals surface area contributed by atoms with E-state index in [9.17, 15) is 13.2 Å². The lowest BCUT2D eigenvalue weighted by Crippen LogP contribution is -2.21. The Morgan fingerprint density at radius 1 is 1.00 bits per heavy atom. The van der Waals surface area contributed by atoms with Crippen molar-refractivity contribution in [3.63, 3.8) is 0 Å². The van der Waals surface area contributed by atoms with Gasteiger partial charge in [-0.15, -0.1) is 0 Å². The van der Waals surface area contributed by atoms with E-state index in [2.05, 4.69) is 14.7 Å². The Hall–Kier alpha value is -2.68. The van der Waals surface area contributed by atoms with Crippen molar-refractivity contribution in [3.05, 3.63) is 42.2 Å². The zero-order valence-corrected chi connectivity index (χ0v) is 14.7. The highest BCUT2D eigenvalue weighted by molar-refractivity contribution is 7.92. The number of aromatic nitrogens is 2. The lowest BCUT2D eigenvalue weighted by atomic mass is 10.2. The Balaban J connectivity index is 2.19. The molecule has 0 fully saturated rings. The molecule has 1 aromatic carbocycles. The summed E-state index contributed by atoms with van der Waals surface area (Å²) in [6, 6.07) is 5.72. The number of carbonyl (C=O) groups excluding carboxylic acids is 1. The van der Waals surface area contributed by atoms with Crippen molar-refractivity contribution in [2.45, 2.75) is 4.90 Å². The van der Waals surface area contributed by atoms with E-state index < -0.39 is 10.0 Å². The van der Waals surface area contributed by atoms with E-state index in [-0.39, 0.29) is 16.5 Å². The second kappa shape index (κ2) is 6.83. The summed E-state index contributed by atoms with van der Waals surface area (Å²) < 4.78 is 27.1. The molecule has 8 nitrogen and oxygen atoms in total. The number of hydrogen-bond donors (Lipinski definition) is 1. The molecule has 0 spiro atoms. The van der Waals surface area contributed by atoms with Gasteiger partial charge in [-0.2, -0.15) is 0 Å². The van der Waals surface area contributed by atoms with Crippen LogP contribution in [-0.4, -0.2) is 57.4 Å². The number of rotatable bonds is 5. The molecule has 0 radical (unpaired) electrons. The van der Waals surface area contributed by atoms with Gasteiger partial charge in [-0.3, -0.25) is 9.52 Å². The maximum absolute atomic E-state index is 12.4. The standard InChI is InChI=1S/C15H19N5O3S/c1-19(2)14(21)11-5-7-13(8-6-11)24(22,23)18-12-9-16-15(17-10-12)20(3)4/h5-10,18H,1-4H3. The lowest BCUT2D eigenvalue weighted by molar-refractivity contribution is 0.0827. The molecule has 24 heavy (non-hydrogen) atoms. The first-order valence-corrected chi connectivity index (χ1v) is 8.53. The summed E-state index contributed by atoms with van der Waals surface area (Å²) in [7, 11) is 3.06. The molecule has 0 atom stereocenters. The van der Waals surface area contributed by atoms with Crippen LogP contribution >= 0.6 is 0 Å². The van der Waals surface area contributed by atoms with Crippen LogP contribution in [0.25, 0.3) is 0 Å². The summed E-state index contributed by atoms with van der Waals surface area (Å²) in [4.78, 5) is 23.1. The summed E-state index contributed by atoms with van der Waals surface area (Å²) in [6.07, 6.45) is 2.79. The normalized spacial score (nSPS) is 11.0. The Morgan fingerprint density at radius 2 is 1.54 bits per heavy atom. The van der Waals surface area contributed by atoms with Crippen LogP contribution in [0.3, 0.4) is 0 Å². The highest BCUT2D eigenvalue weighted by Crippen LogP contribution is 2.17. The molecular formula is C15H19N5O3S. The first-order valence-electron chi connectivity index (χ1n) is 7.04. The second-order valence-electron chi connectivity index (χ2n) is 5.50. The van der Waals surface area contributed by atoms with Crippen LogP contribution in [0.2, 0.25) is 0 Å². The van der Waals surface area contributed by atoms with Crippen molar-refractivity contribution in [1.29, 1.82) is 0 Å². The van der Waals surface area contributed by atoms with E-state index in [1.54, 1.807) is 33.1 Å². The Labute approximate surface area is 141 Å². The van der Waals surface area contributed by atoms with Gasteiger partial charge in [-0.1, -0.05) is 0 Å². The van der Waals surface area contributed by atoms with Crippen molar-refractivity contribution in [3.8, 4) is 0 Å². The molecule has 0 bridgehead atoms. The monoisotopic (exact) mass is 349 g/mol. The van der Waals surface area contributed by atoms with Gasteiger partial charge in [0.15, 0.2) is 0 Å². The molecule has 0 saturated heterocycles. The number of hydrogen-bond acceptors (Lipinski definition) is 6. The van der Waals surface area contributed by atoms with Crippen molar-refractivity contribution >= 4 is 27.6 Å². The molecule has 2 rings (SSSR count). The minimum Gasteiger partial charge on any atom is -0.347 e. The van der Waals surface area contributed by atoms with Gasteiger partial charge < -0.3 is 9.80 Å². The maximum atomic E-state index is 12.4. The molecular weight excluding hydrogens is 330 g/mol. The largest absolute Gasteiger partial charge is 0.347 e. The number of benzene rings is 1. The molecule has 9 heteroatoms. The smallest absolute Gasteiger partial charge is 0.261 e. The van der Waals surface area contributed by atoms with Gasteiger partial charge >= 0.3 is 0 Å². The second-order valence-corrected chi connectivity index (χ2v) is 7.18. The number of amides is 1. The molecule has 1 amide bonds. The molecule has 1 aromatic heterocycles. The quantitative estimate of drug-likeness (QED) is 0.867.